The van der Waals surface area contributed by atoms with Crippen molar-refractivity contribution in [3.05, 3.63) is 0 Å². The van der Waals surface area contributed by atoms with Crippen molar-refractivity contribution in [3.63, 3.8) is 0 Å². The summed E-state index contributed by atoms with van der Waals surface area (Å²) in [5.41, 5.74) is 0. The van der Waals surface area contributed by atoms with Gasteiger partial charge in [0.05, 0.1) is 6.10 Å². The first-order valence-electron chi connectivity index (χ1n) is 3.75. The van der Waals surface area contributed by atoms with Crippen molar-refractivity contribution in [3.8, 4) is 12.3 Å². The lowest BCUT2D eigenvalue weighted by atomic mass is 10.2. The van der Waals surface area contributed by atoms with Gasteiger partial charge in [-0.15, -0.1) is 18.8 Å². The standard InChI is InChI=1S/C8H11NO3.ClH/c1-2-3-12-6-4-7(8(10)11)9-5-6;/h1,6-7,9H,3-5H2,(H,10,11);1H/t6-,7+;/m1./s1. The summed E-state index contributed by atoms with van der Waals surface area (Å²) in [5.74, 6) is 1.51. The number of hydrogen-bond acceptors (Lipinski definition) is 3. The first-order valence-corrected chi connectivity index (χ1v) is 3.75. The minimum absolute atomic E-state index is 0. The Hall–Kier alpha value is -0.760. The second kappa shape index (κ2) is 5.81. The van der Waals surface area contributed by atoms with Crippen LogP contribution in [0.3, 0.4) is 0 Å². The van der Waals surface area contributed by atoms with E-state index in [0.717, 1.165) is 0 Å². The van der Waals surface area contributed by atoms with Gasteiger partial charge in [0.15, 0.2) is 0 Å². The molecule has 0 radical (unpaired) electrons. The van der Waals surface area contributed by atoms with Crippen molar-refractivity contribution in [2.24, 2.45) is 0 Å². The van der Waals surface area contributed by atoms with Gasteiger partial charge < -0.3 is 15.2 Å². The van der Waals surface area contributed by atoms with Gasteiger partial charge in [0.2, 0.25) is 0 Å². The molecular weight excluding hydrogens is 194 g/mol. The maximum Gasteiger partial charge on any atom is 0.320 e. The number of carboxylic acid groups (broad SMARTS) is 1. The Morgan fingerprint density at radius 2 is 2.46 bits per heavy atom. The number of nitrogens with one attached hydrogen (secondary N) is 1. The normalized spacial score (nSPS) is 26.1. The molecule has 0 amide bonds. The van der Waals surface area contributed by atoms with Gasteiger partial charge in [-0.25, -0.2) is 0 Å². The fourth-order valence-corrected chi connectivity index (χ4v) is 1.18. The van der Waals surface area contributed by atoms with Crippen LogP contribution in [-0.4, -0.2) is 36.4 Å². The Morgan fingerprint density at radius 1 is 1.77 bits per heavy atom. The number of carbonyl (C=O) groups is 1. The molecule has 0 aromatic heterocycles. The molecule has 13 heavy (non-hydrogen) atoms. The number of carboxylic acids is 1. The summed E-state index contributed by atoms with van der Waals surface area (Å²) in [6, 6.07) is -0.479. The van der Waals surface area contributed by atoms with Crippen molar-refractivity contribution in [2.45, 2.75) is 18.6 Å². The fraction of sp³-hybridized carbons (Fsp3) is 0.625. The molecule has 1 aliphatic heterocycles. The van der Waals surface area contributed by atoms with Gasteiger partial charge in [0.1, 0.15) is 12.6 Å². The fourth-order valence-electron chi connectivity index (χ4n) is 1.18. The van der Waals surface area contributed by atoms with Crippen molar-refractivity contribution >= 4 is 18.4 Å². The predicted molar refractivity (Wildman–Crippen MR) is 49.9 cm³/mol. The maximum atomic E-state index is 10.5. The summed E-state index contributed by atoms with van der Waals surface area (Å²) >= 11 is 0. The average molecular weight is 206 g/mol. The smallest absolute Gasteiger partial charge is 0.320 e. The van der Waals surface area contributed by atoms with E-state index in [1.165, 1.54) is 0 Å². The highest BCUT2D eigenvalue weighted by atomic mass is 35.5. The molecule has 2 atom stereocenters. The van der Waals surface area contributed by atoms with Crippen LogP contribution >= 0.6 is 12.4 Å². The third-order valence-corrected chi connectivity index (χ3v) is 1.79. The van der Waals surface area contributed by atoms with E-state index in [1.807, 2.05) is 0 Å². The van der Waals surface area contributed by atoms with Crippen LogP contribution in [0, 0.1) is 12.3 Å². The first kappa shape index (κ1) is 12.2. The number of aliphatic carboxylic acids is 1. The van der Waals surface area contributed by atoms with Gasteiger partial charge in [0.25, 0.3) is 0 Å². The molecule has 0 unspecified atom stereocenters. The number of halogens is 1. The number of ether oxygens (including phenoxy) is 1. The molecule has 1 aliphatic rings. The summed E-state index contributed by atoms with van der Waals surface area (Å²) in [6.45, 7) is 0.817. The molecule has 0 bridgehead atoms. The molecule has 0 aromatic carbocycles. The molecule has 1 saturated heterocycles. The van der Waals surface area contributed by atoms with Crippen LogP contribution in [0.15, 0.2) is 0 Å². The van der Waals surface area contributed by atoms with Gasteiger partial charge in [-0.3, -0.25) is 4.79 Å². The van der Waals surface area contributed by atoms with Crippen LogP contribution in [-0.2, 0) is 9.53 Å². The molecule has 0 spiro atoms. The highest BCUT2D eigenvalue weighted by Gasteiger charge is 2.29. The van der Waals surface area contributed by atoms with E-state index < -0.39 is 12.0 Å². The lowest BCUT2D eigenvalue weighted by Gasteiger charge is -2.06. The zero-order chi connectivity index (χ0) is 8.97. The van der Waals surface area contributed by atoms with Gasteiger partial charge in [-0.05, 0) is 0 Å². The van der Waals surface area contributed by atoms with E-state index in [1.54, 1.807) is 0 Å². The second-order valence-corrected chi connectivity index (χ2v) is 2.67. The van der Waals surface area contributed by atoms with Crippen LogP contribution in [0.1, 0.15) is 6.42 Å². The maximum absolute atomic E-state index is 10.5. The monoisotopic (exact) mass is 205 g/mol. The minimum atomic E-state index is -0.832. The van der Waals surface area contributed by atoms with Crippen LogP contribution in [0.4, 0.5) is 0 Å². The molecule has 0 aliphatic carbocycles. The number of hydrogen-bond donors (Lipinski definition) is 2. The number of terminal acetylenes is 1. The summed E-state index contributed by atoms with van der Waals surface area (Å²) in [5, 5.41) is 11.4. The van der Waals surface area contributed by atoms with Gasteiger partial charge in [0, 0.05) is 13.0 Å². The van der Waals surface area contributed by atoms with Gasteiger partial charge in [-0.2, -0.15) is 0 Å². The van der Waals surface area contributed by atoms with E-state index in [0.29, 0.717) is 13.0 Å². The zero-order valence-electron chi connectivity index (χ0n) is 7.03. The van der Waals surface area contributed by atoms with Crippen molar-refractivity contribution in [2.75, 3.05) is 13.2 Å². The molecule has 0 saturated carbocycles. The highest BCUT2D eigenvalue weighted by Crippen LogP contribution is 2.09. The SMILES string of the molecule is C#CCO[C@H]1CN[C@H](C(=O)O)C1.Cl. The summed E-state index contributed by atoms with van der Waals surface area (Å²) < 4.78 is 5.17. The van der Waals surface area contributed by atoms with Crippen LogP contribution in [0.2, 0.25) is 0 Å². The third kappa shape index (κ3) is 3.64. The molecule has 1 rings (SSSR count). The molecule has 2 N–H and O–H groups in total. The van der Waals surface area contributed by atoms with Gasteiger partial charge in [-0.1, -0.05) is 5.92 Å². The molecule has 74 valence electrons. The molecule has 4 nitrogen and oxygen atoms in total. The summed E-state index contributed by atoms with van der Waals surface area (Å²) in [7, 11) is 0. The lowest BCUT2D eigenvalue weighted by molar-refractivity contribution is -0.139. The Balaban J connectivity index is 0.00000144. The van der Waals surface area contributed by atoms with E-state index in [4.69, 9.17) is 16.3 Å². The van der Waals surface area contributed by atoms with Crippen LogP contribution in [0.5, 0.6) is 0 Å². The third-order valence-electron chi connectivity index (χ3n) is 1.79. The second-order valence-electron chi connectivity index (χ2n) is 2.67. The van der Waals surface area contributed by atoms with Crippen molar-refractivity contribution in [1.29, 1.82) is 0 Å². The van der Waals surface area contributed by atoms with Crippen LogP contribution in [0.25, 0.3) is 0 Å². The van der Waals surface area contributed by atoms with E-state index in [2.05, 4.69) is 11.2 Å². The van der Waals surface area contributed by atoms with Crippen molar-refractivity contribution in [1.82, 2.24) is 5.32 Å². The summed E-state index contributed by atoms with van der Waals surface area (Å²) in [4.78, 5) is 10.5. The quantitative estimate of drug-likeness (QED) is 0.631. The van der Waals surface area contributed by atoms with E-state index in [9.17, 15) is 4.79 Å². The largest absolute Gasteiger partial charge is 0.480 e. The van der Waals surface area contributed by atoms with Crippen molar-refractivity contribution < 1.29 is 14.6 Å². The molecule has 5 heteroatoms. The minimum Gasteiger partial charge on any atom is -0.480 e. The Morgan fingerprint density at radius 3 is 2.92 bits per heavy atom. The van der Waals surface area contributed by atoms with E-state index in [-0.39, 0.29) is 25.1 Å². The van der Waals surface area contributed by atoms with Crippen LogP contribution < -0.4 is 5.32 Å². The molecular formula is C8H12ClNO3. The Labute approximate surface area is 83.1 Å². The lowest BCUT2D eigenvalue weighted by Crippen LogP contribution is -2.29. The molecule has 0 aromatic rings. The van der Waals surface area contributed by atoms with E-state index >= 15 is 0 Å². The first-order chi connectivity index (χ1) is 5.74. The molecule has 1 heterocycles. The predicted octanol–water partition coefficient (Wildman–Crippen LogP) is -0.127. The highest BCUT2D eigenvalue weighted by molar-refractivity contribution is 5.85. The number of rotatable bonds is 3. The Kier molecular flexibility index (Phi) is 5.47. The Bertz CT molecular complexity index is 214. The summed E-state index contributed by atoms with van der Waals surface area (Å²) in [6.07, 6.45) is 5.43. The average Bonchev–Trinajstić information content (AvgIpc) is 2.48. The topological polar surface area (TPSA) is 58.6 Å². The van der Waals surface area contributed by atoms with Gasteiger partial charge >= 0.3 is 5.97 Å². The zero-order valence-corrected chi connectivity index (χ0v) is 7.84. The molecule has 1 fully saturated rings.